The Kier molecular flexibility index (Phi) is 5.39. The third kappa shape index (κ3) is 4.73. The Bertz CT molecular complexity index is 656. The second-order valence-corrected chi connectivity index (χ2v) is 7.33. The third-order valence-corrected chi connectivity index (χ3v) is 3.39. The van der Waals surface area contributed by atoms with E-state index in [0.29, 0.717) is 11.3 Å². The zero-order valence-electron chi connectivity index (χ0n) is 11.8. The van der Waals surface area contributed by atoms with E-state index in [1.165, 1.54) is 24.3 Å². The van der Waals surface area contributed by atoms with Gasteiger partial charge in [-0.05, 0) is 24.6 Å². The SMILES string of the molecule is CC1=C(C(=O)OCC(Cl)(Cl)Cl)[C@H](c2ccc(F)cc2)NC(=O)N1. The van der Waals surface area contributed by atoms with Crippen LogP contribution in [0.3, 0.4) is 0 Å². The molecular weight excluding hydrogens is 370 g/mol. The summed E-state index contributed by atoms with van der Waals surface area (Å²) in [4.78, 5) is 24.0. The number of halogens is 4. The number of amides is 2. The number of esters is 1. The molecule has 1 heterocycles. The molecule has 1 aliphatic heterocycles. The second-order valence-electron chi connectivity index (χ2n) is 4.81. The molecule has 0 fully saturated rings. The smallest absolute Gasteiger partial charge is 0.338 e. The fraction of sp³-hybridized carbons (Fsp3) is 0.286. The Morgan fingerprint density at radius 1 is 1.30 bits per heavy atom. The van der Waals surface area contributed by atoms with E-state index in [9.17, 15) is 14.0 Å². The van der Waals surface area contributed by atoms with Crippen LogP contribution >= 0.6 is 34.8 Å². The predicted molar refractivity (Wildman–Crippen MR) is 84.8 cm³/mol. The number of rotatable bonds is 3. The summed E-state index contributed by atoms with van der Waals surface area (Å²) in [5.74, 6) is -1.19. The molecule has 1 atom stereocenters. The molecule has 0 aliphatic carbocycles. The van der Waals surface area contributed by atoms with Crippen LogP contribution in [0.25, 0.3) is 0 Å². The van der Waals surface area contributed by atoms with E-state index < -0.39 is 34.3 Å². The van der Waals surface area contributed by atoms with Gasteiger partial charge in [-0.25, -0.2) is 14.0 Å². The van der Waals surface area contributed by atoms with E-state index in [-0.39, 0.29) is 5.57 Å². The average Bonchev–Trinajstić information content (AvgIpc) is 2.44. The first-order valence-electron chi connectivity index (χ1n) is 6.45. The van der Waals surface area contributed by atoms with Gasteiger partial charge in [0.25, 0.3) is 0 Å². The molecule has 1 aromatic carbocycles. The summed E-state index contributed by atoms with van der Waals surface area (Å²) in [5.41, 5.74) is 0.962. The molecule has 2 rings (SSSR count). The highest BCUT2D eigenvalue weighted by atomic mass is 35.6. The Labute approximate surface area is 146 Å². The number of alkyl halides is 3. The zero-order valence-corrected chi connectivity index (χ0v) is 14.1. The maximum Gasteiger partial charge on any atom is 0.338 e. The molecule has 1 aromatic rings. The minimum atomic E-state index is -1.75. The van der Waals surface area contributed by atoms with Crippen molar-refractivity contribution in [2.24, 2.45) is 0 Å². The van der Waals surface area contributed by atoms with Gasteiger partial charge in [-0.3, -0.25) is 0 Å². The van der Waals surface area contributed by atoms with Gasteiger partial charge in [-0.2, -0.15) is 0 Å². The van der Waals surface area contributed by atoms with Crippen molar-refractivity contribution >= 4 is 46.8 Å². The van der Waals surface area contributed by atoms with Gasteiger partial charge in [0.15, 0.2) is 0 Å². The lowest BCUT2D eigenvalue weighted by atomic mass is 9.95. The molecule has 23 heavy (non-hydrogen) atoms. The molecule has 0 radical (unpaired) electrons. The normalized spacial score (nSPS) is 18.3. The summed E-state index contributed by atoms with van der Waals surface area (Å²) in [6, 6.07) is 4.08. The van der Waals surface area contributed by atoms with Gasteiger partial charge in [0.05, 0.1) is 11.6 Å². The van der Waals surface area contributed by atoms with Gasteiger partial charge in [0.2, 0.25) is 3.79 Å². The molecule has 2 N–H and O–H groups in total. The largest absolute Gasteiger partial charge is 0.458 e. The molecule has 0 bridgehead atoms. The monoisotopic (exact) mass is 380 g/mol. The topological polar surface area (TPSA) is 67.4 Å². The van der Waals surface area contributed by atoms with E-state index in [1.807, 2.05) is 0 Å². The molecule has 0 unspecified atom stereocenters. The van der Waals surface area contributed by atoms with Crippen molar-refractivity contribution in [1.82, 2.24) is 10.6 Å². The third-order valence-electron chi connectivity index (χ3n) is 3.06. The second kappa shape index (κ2) is 6.95. The maximum atomic E-state index is 13.1. The Morgan fingerprint density at radius 2 is 1.91 bits per heavy atom. The maximum absolute atomic E-state index is 13.1. The molecular formula is C14H12Cl3FN2O3. The van der Waals surface area contributed by atoms with Crippen molar-refractivity contribution in [1.29, 1.82) is 0 Å². The van der Waals surface area contributed by atoms with Crippen molar-refractivity contribution < 1.29 is 18.7 Å². The van der Waals surface area contributed by atoms with Crippen LogP contribution in [0.2, 0.25) is 0 Å². The summed E-state index contributed by atoms with van der Waals surface area (Å²) in [6.07, 6.45) is 0. The van der Waals surface area contributed by atoms with Gasteiger partial charge in [-0.1, -0.05) is 46.9 Å². The fourth-order valence-corrected chi connectivity index (χ4v) is 2.26. The number of benzene rings is 1. The fourth-order valence-electron chi connectivity index (χ4n) is 2.09. The number of carbonyl (C=O) groups is 2. The zero-order chi connectivity index (χ0) is 17.2. The lowest BCUT2D eigenvalue weighted by Crippen LogP contribution is -2.45. The van der Waals surface area contributed by atoms with E-state index >= 15 is 0 Å². The molecule has 0 aromatic heterocycles. The molecule has 9 heteroatoms. The summed E-state index contributed by atoms with van der Waals surface area (Å²) >= 11 is 16.7. The molecule has 0 saturated heterocycles. The first kappa shape index (κ1) is 17.8. The van der Waals surface area contributed by atoms with Crippen molar-refractivity contribution in [3.63, 3.8) is 0 Å². The van der Waals surface area contributed by atoms with Crippen LogP contribution in [0, 0.1) is 5.82 Å². The van der Waals surface area contributed by atoms with Crippen molar-refractivity contribution in [2.75, 3.05) is 6.61 Å². The minimum Gasteiger partial charge on any atom is -0.458 e. The average molecular weight is 382 g/mol. The number of hydrogen-bond acceptors (Lipinski definition) is 3. The highest BCUT2D eigenvalue weighted by Crippen LogP contribution is 2.30. The summed E-state index contributed by atoms with van der Waals surface area (Å²) in [6.45, 7) is 1.10. The highest BCUT2D eigenvalue weighted by molar-refractivity contribution is 6.67. The van der Waals surface area contributed by atoms with Crippen LogP contribution in [0.1, 0.15) is 18.5 Å². The van der Waals surface area contributed by atoms with Gasteiger partial charge in [0.1, 0.15) is 12.4 Å². The highest BCUT2D eigenvalue weighted by Gasteiger charge is 2.33. The van der Waals surface area contributed by atoms with Crippen LogP contribution < -0.4 is 10.6 Å². The first-order chi connectivity index (χ1) is 10.7. The van der Waals surface area contributed by atoms with Gasteiger partial charge < -0.3 is 15.4 Å². The van der Waals surface area contributed by atoms with E-state index in [2.05, 4.69) is 10.6 Å². The molecule has 1 aliphatic rings. The molecule has 0 spiro atoms. The van der Waals surface area contributed by atoms with Crippen molar-refractivity contribution in [3.8, 4) is 0 Å². The molecule has 0 saturated carbocycles. The standard InChI is InChI=1S/C14H12Cl3FN2O3/c1-7-10(12(21)23-6-14(15,16)17)11(20-13(22)19-7)8-2-4-9(18)5-3-8/h2-5,11H,6H2,1H3,(H2,19,20,22)/t11-/m0/s1. The first-order valence-corrected chi connectivity index (χ1v) is 7.58. The van der Waals surface area contributed by atoms with Crippen molar-refractivity contribution in [3.05, 3.63) is 46.9 Å². The molecule has 2 amide bonds. The quantitative estimate of drug-likeness (QED) is 0.623. The molecule has 124 valence electrons. The Morgan fingerprint density at radius 3 is 2.48 bits per heavy atom. The Balaban J connectivity index is 2.31. The lowest BCUT2D eigenvalue weighted by molar-refractivity contribution is -0.139. The van der Waals surface area contributed by atoms with Gasteiger partial charge in [0, 0.05) is 5.70 Å². The minimum absolute atomic E-state index is 0.144. The van der Waals surface area contributed by atoms with Gasteiger partial charge in [-0.15, -0.1) is 0 Å². The summed E-state index contributed by atoms with van der Waals surface area (Å²) < 4.78 is 16.3. The molecule has 5 nitrogen and oxygen atoms in total. The number of allylic oxidation sites excluding steroid dienone is 1. The van der Waals surface area contributed by atoms with Crippen LogP contribution in [0.5, 0.6) is 0 Å². The number of nitrogens with one attached hydrogen (secondary N) is 2. The van der Waals surface area contributed by atoms with Crippen LogP contribution in [-0.4, -0.2) is 22.4 Å². The number of carbonyl (C=O) groups excluding carboxylic acids is 2. The number of urea groups is 1. The summed E-state index contributed by atoms with van der Waals surface area (Å²) in [7, 11) is 0. The lowest BCUT2D eigenvalue weighted by Gasteiger charge is -2.28. The summed E-state index contributed by atoms with van der Waals surface area (Å²) in [5, 5.41) is 5.05. The van der Waals surface area contributed by atoms with Gasteiger partial charge >= 0.3 is 12.0 Å². The van der Waals surface area contributed by atoms with Crippen LogP contribution in [0.4, 0.5) is 9.18 Å². The van der Waals surface area contributed by atoms with E-state index in [0.717, 1.165) is 0 Å². The Hall–Kier alpha value is -1.50. The van der Waals surface area contributed by atoms with E-state index in [4.69, 9.17) is 39.5 Å². The van der Waals surface area contributed by atoms with Crippen LogP contribution in [-0.2, 0) is 9.53 Å². The number of ether oxygens (including phenoxy) is 1. The van der Waals surface area contributed by atoms with E-state index in [1.54, 1.807) is 6.92 Å². The van der Waals surface area contributed by atoms with Crippen LogP contribution in [0.15, 0.2) is 35.5 Å². The van der Waals surface area contributed by atoms with Crippen molar-refractivity contribution in [2.45, 2.75) is 16.8 Å². The number of hydrogen-bond donors (Lipinski definition) is 2. The predicted octanol–water partition coefficient (Wildman–Crippen LogP) is 3.37.